The number of aromatic amines is 1. The summed E-state index contributed by atoms with van der Waals surface area (Å²) in [6, 6.07) is 4.56. The normalized spacial score (nSPS) is 10.9. The molecule has 0 bridgehead atoms. The first kappa shape index (κ1) is 16.5. The van der Waals surface area contributed by atoms with E-state index in [-0.39, 0.29) is 23.8 Å². The van der Waals surface area contributed by atoms with Gasteiger partial charge in [-0.3, -0.25) is 9.89 Å². The highest BCUT2D eigenvalue weighted by atomic mass is 16.3. The lowest BCUT2D eigenvalue weighted by Gasteiger charge is -2.06. The largest absolute Gasteiger partial charge is 0.504 e. The van der Waals surface area contributed by atoms with Gasteiger partial charge in [-0.2, -0.15) is 9.50 Å². The molecule has 0 fully saturated rings. The van der Waals surface area contributed by atoms with Crippen molar-refractivity contribution >= 4 is 11.6 Å². The predicted molar refractivity (Wildman–Crippen MR) is 88.4 cm³/mol. The number of H-pyrrole nitrogens is 1. The quantitative estimate of drug-likeness (QED) is 0.470. The number of phenolic OH excluding ortho intramolecular Hbond substituents is 2. The first-order chi connectivity index (χ1) is 12.0. The van der Waals surface area contributed by atoms with E-state index in [0.717, 1.165) is 11.1 Å². The van der Waals surface area contributed by atoms with Gasteiger partial charge in [-0.15, -0.1) is 0 Å². The molecule has 3 rings (SSSR count). The van der Waals surface area contributed by atoms with Crippen LogP contribution in [0.1, 0.15) is 17.5 Å². The van der Waals surface area contributed by atoms with Crippen molar-refractivity contribution in [1.29, 1.82) is 0 Å². The fourth-order valence-corrected chi connectivity index (χ4v) is 2.48. The zero-order valence-corrected chi connectivity index (χ0v) is 13.3. The first-order valence-electron chi connectivity index (χ1n) is 7.72. The number of carbonyl (C=O) groups is 1. The molecule has 0 unspecified atom stereocenters. The Labute approximate surface area is 142 Å². The number of benzene rings is 1. The molecule has 0 aliphatic carbocycles. The number of aryl methyl sites for hydroxylation is 1. The lowest BCUT2D eigenvalue weighted by Crippen LogP contribution is -2.25. The van der Waals surface area contributed by atoms with Gasteiger partial charge in [0.2, 0.25) is 5.91 Å². The van der Waals surface area contributed by atoms with Gasteiger partial charge in [0.15, 0.2) is 17.1 Å². The number of amides is 1. The lowest BCUT2D eigenvalue weighted by atomic mass is 10.1. The Morgan fingerprint density at radius 2 is 2.04 bits per heavy atom. The third kappa shape index (κ3) is 3.77. The Balaban J connectivity index is 1.50. The van der Waals surface area contributed by atoms with Gasteiger partial charge in [-0.05, 0) is 30.5 Å². The summed E-state index contributed by atoms with van der Waals surface area (Å²) in [5.41, 5.74) is 1.59. The van der Waals surface area contributed by atoms with Crippen LogP contribution in [0.3, 0.4) is 0 Å². The molecule has 2 heterocycles. The number of nitrogens with zero attached hydrogens (tertiary/aromatic N) is 3. The molecule has 0 radical (unpaired) electrons. The van der Waals surface area contributed by atoms with Crippen molar-refractivity contribution in [2.24, 2.45) is 0 Å². The van der Waals surface area contributed by atoms with Gasteiger partial charge in [-0.25, -0.2) is 9.78 Å². The van der Waals surface area contributed by atoms with Crippen molar-refractivity contribution in [3.8, 4) is 11.5 Å². The smallest absolute Gasteiger partial charge is 0.369 e. The van der Waals surface area contributed by atoms with Crippen LogP contribution in [0.15, 0.2) is 35.5 Å². The molecular formula is C16H17N5O4. The summed E-state index contributed by atoms with van der Waals surface area (Å²) in [6.07, 6.45) is 4.07. The maximum absolute atomic E-state index is 11.9. The molecule has 0 saturated carbocycles. The van der Waals surface area contributed by atoms with Crippen LogP contribution < -0.4 is 11.0 Å². The van der Waals surface area contributed by atoms with Crippen LogP contribution in [0.2, 0.25) is 0 Å². The van der Waals surface area contributed by atoms with Gasteiger partial charge in [-0.1, -0.05) is 6.07 Å². The average Bonchev–Trinajstić information content (AvgIpc) is 3.01. The van der Waals surface area contributed by atoms with Crippen LogP contribution in [0.25, 0.3) is 5.65 Å². The van der Waals surface area contributed by atoms with Crippen LogP contribution >= 0.6 is 0 Å². The highest BCUT2D eigenvalue weighted by molar-refractivity contribution is 5.76. The maximum atomic E-state index is 11.9. The van der Waals surface area contributed by atoms with E-state index >= 15 is 0 Å². The van der Waals surface area contributed by atoms with Gasteiger partial charge in [0.05, 0.1) is 0 Å². The number of nitrogens with one attached hydrogen (secondary N) is 2. The van der Waals surface area contributed by atoms with E-state index in [9.17, 15) is 19.8 Å². The van der Waals surface area contributed by atoms with E-state index in [0.29, 0.717) is 25.0 Å². The monoisotopic (exact) mass is 343 g/mol. The fraction of sp³-hybridized carbons (Fsp3) is 0.250. The number of fused-ring (bicyclic) bond motifs is 1. The Hall–Kier alpha value is -3.36. The van der Waals surface area contributed by atoms with Gasteiger partial charge in [0.1, 0.15) is 6.33 Å². The Bertz CT molecular complexity index is 963. The number of aromatic hydroxyl groups is 2. The van der Waals surface area contributed by atoms with E-state index in [1.807, 2.05) is 0 Å². The lowest BCUT2D eigenvalue weighted by molar-refractivity contribution is -0.121. The second-order valence-corrected chi connectivity index (χ2v) is 5.54. The molecule has 130 valence electrons. The fourth-order valence-electron chi connectivity index (χ4n) is 2.48. The molecule has 4 N–H and O–H groups in total. The van der Waals surface area contributed by atoms with Crippen molar-refractivity contribution in [2.45, 2.75) is 19.3 Å². The molecule has 3 aromatic rings. The first-order valence-corrected chi connectivity index (χ1v) is 7.72. The second-order valence-electron chi connectivity index (χ2n) is 5.54. The maximum Gasteiger partial charge on any atom is 0.369 e. The van der Waals surface area contributed by atoms with Crippen molar-refractivity contribution in [1.82, 2.24) is 24.9 Å². The Morgan fingerprint density at radius 1 is 1.20 bits per heavy atom. The number of hydrogen-bond acceptors (Lipinski definition) is 6. The molecule has 9 nitrogen and oxygen atoms in total. The van der Waals surface area contributed by atoms with E-state index in [2.05, 4.69) is 20.4 Å². The summed E-state index contributed by atoms with van der Waals surface area (Å²) < 4.78 is 1.23. The zero-order valence-electron chi connectivity index (χ0n) is 13.3. The molecule has 0 aliphatic heterocycles. The number of aromatic nitrogens is 4. The van der Waals surface area contributed by atoms with Gasteiger partial charge < -0.3 is 15.5 Å². The van der Waals surface area contributed by atoms with Crippen LogP contribution in [-0.4, -0.2) is 42.2 Å². The molecule has 1 aromatic carbocycles. The second kappa shape index (κ2) is 7.04. The van der Waals surface area contributed by atoms with Crippen molar-refractivity contribution in [3.63, 3.8) is 0 Å². The molecular weight excluding hydrogens is 326 g/mol. The van der Waals surface area contributed by atoms with Crippen molar-refractivity contribution in [3.05, 3.63) is 52.3 Å². The average molecular weight is 343 g/mol. The van der Waals surface area contributed by atoms with Gasteiger partial charge in [0.25, 0.3) is 0 Å². The predicted octanol–water partition coefficient (Wildman–Crippen LogP) is 0.120. The molecule has 9 heteroatoms. The number of carbonyl (C=O) groups excluding carboxylic acids is 1. The van der Waals surface area contributed by atoms with Crippen LogP contribution in [-0.2, 0) is 17.6 Å². The van der Waals surface area contributed by atoms with E-state index < -0.39 is 5.69 Å². The van der Waals surface area contributed by atoms with Gasteiger partial charge in [0, 0.05) is 24.7 Å². The summed E-state index contributed by atoms with van der Waals surface area (Å²) in [7, 11) is 0. The highest BCUT2D eigenvalue weighted by Crippen LogP contribution is 2.24. The highest BCUT2D eigenvalue weighted by Gasteiger charge is 2.09. The third-order valence-corrected chi connectivity index (χ3v) is 3.80. The standard InChI is InChI=1S/C16H17N5O4/c22-12-3-1-10(7-13(12)23)5-6-17-14(24)4-2-11-8-20-21-15(11)18-9-19-16(21)25/h1,3,7-9,20,22-23H,2,4-6H2,(H,17,24). The molecule has 25 heavy (non-hydrogen) atoms. The van der Waals surface area contributed by atoms with Crippen LogP contribution in [0, 0.1) is 0 Å². The topological polar surface area (TPSA) is 133 Å². The molecule has 0 saturated heterocycles. The number of rotatable bonds is 6. The summed E-state index contributed by atoms with van der Waals surface area (Å²) in [6.45, 7) is 0.415. The van der Waals surface area contributed by atoms with Crippen molar-refractivity contribution in [2.75, 3.05) is 6.54 Å². The van der Waals surface area contributed by atoms with Crippen LogP contribution in [0.5, 0.6) is 11.5 Å². The SMILES string of the molecule is O=C(CCc1c[nH]n2c(=O)ncnc12)NCCc1ccc(O)c(O)c1. The minimum atomic E-state index is -0.446. The molecule has 1 amide bonds. The summed E-state index contributed by atoms with van der Waals surface area (Å²) in [5.74, 6) is -0.478. The van der Waals surface area contributed by atoms with Crippen molar-refractivity contribution < 1.29 is 15.0 Å². The zero-order chi connectivity index (χ0) is 17.8. The number of phenols is 2. The van der Waals surface area contributed by atoms with E-state index in [1.54, 1.807) is 12.3 Å². The molecule has 0 aliphatic rings. The van der Waals surface area contributed by atoms with E-state index in [1.165, 1.54) is 23.0 Å². The molecule has 2 aromatic heterocycles. The Morgan fingerprint density at radius 3 is 2.84 bits per heavy atom. The number of hydrogen-bond donors (Lipinski definition) is 4. The summed E-state index contributed by atoms with van der Waals surface area (Å²) in [4.78, 5) is 31.1. The summed E-state index contributed by atoms with van der Waals surface area (Å²) >= 11 is 0. The minimum Gasteiger partial charge on any atom is -0.504 e. The minimum absolute atomic E-state index is 0.126. The molecule has 0 atom stereocenters. The van der Waals surface area contributed by atoms with E-state index in [4.69, 9.17) is 0 Å². The molecule has 0 spiro atoms. The summed E-state index contributed by atoms with van der Waals surface area (Å²) in [5, 5.41) is 24.2. The van der Waals surface area contributed by atoms with Crippen LogP contribution in [0.4, 0.5) is 0 Å². The van der Waals surface area contributed by atoms with Gasteiger partial charge >= 0.3 is 5.69 Å². The third-order valence-electron chi connectivity index (χ3n) is 3.80. The Kier molecular flexibility index (Phi) is 4.64.